The van der Waals surface area contributed by atoms with E-state index < -0.39 is 0 Å². The number of benzene rings is 2. The monoisotopic (exact) mass is 770 g/mol. The van der Waals surface area contributed by atoms with Gasteiger partial charge in [0.05, 0.1) is 34.7 Å². The van der Waals surface area contributed by atoms with Crippen molar-refractivity contribution in [3.05, 3.63) is 125 Å². The molecule has 0 amide bonds. The summed E-state index contributed by atoms with van der Waals surface area (Å²) in [5.74, 6) is 4.45. The fourth-order valence-corrected chi connectivity index (χ4v) is 8.37. The van der Waals surface area contributed by atoms with Gasteiger partial charge in [-0.15, -0.1) is 0 Å². The molecule has 13 heteroatoms. The van der Waals surface area contributed by atoms with Gasteiger partial charge < -0.3 is 28.8 Å². The van der Waals surface area contributed by atoms with Gasteiger partial charge >= 0.3 is 0 Å². The summed E-state index contributed by atoms with van der Waals surface area (Å²) in [6.07, 6.45) is 15.2. The summed E-state index contributed by atoms with van der Waals surface area (Å²) in [5.41, 5.74) is 8.09. The van der Waals surface area contributed by atoms with Crippen molar-refractivity contribution in [1.82, 2.24) is 9.88 Å². The maximum Gasteiger partial charge on any atom is 0.266 e. The number of aryl methyl sites for hydroxylation is 2. The van der Waals surface area contributed by atoms with Crippen LogP contribution in [0.5, 0.6) is 0 Å². The number of nitrogens with one attached hydrogen (secondary N) is 2. The van der Waals surface area contributed by atoms with Crippen LogP contribution in [-0.2, 0) is 0 Å². The van der Waals surface area contributed by atoms with Gasteiger partial charge in [0.2, 0.25) is 23.5 Å². The number of hydrogen-bond donors (Lipinski definition) is 2. The number of hydrogen-bond acceptors (Lipinski definition) is 13. The van der Waals surface area contributed by atoms with E-state index in [1.54, 1.807) is 0 Å². The molecular weight excluding hydrogens is 729 g/mol. The summed E-state index contributed by atoms with van der Waals surface area (Å²) < 4.78 is 17.7. The zero-order valence-electron chi connectivity index (χ0n) is 32.5. The molecule has 2 aromatic carbocycles. The van der Waals surface area contributed by atoms with Gasteiger partial charge in [-0.05, 0) is 106 Å². The molecule has 0 unspecified atom stereocenters. The van der Waals surface area contributed by atoms with Gasteiger partial charge in [-0.25, -0.2) is 19.9 Å². The van der Waals surface area contributed by atoms with Crippen LogP contribution in [0, 0.1) is 25.2 Å². The normalized spacial score (nSPS) is 17.9. The van der Waals surface area contributed by atoms with Crippen molar-refractivity contribution >= 4 is 58.0 Å². The Morgan fingerprint density at radius 3 is 2.12 bits per heavy atom. The summed E-state index contributed by atoms with van der Waals surface area (Å²) in [6.45, 7) is 5.89. The number of amidine groups is 1. The first kappa shape index (κ1) is 35.5. The molecule has 0 bridgehead atoms. The number of nitrogens with zero attached hydrogens (tertiary/aromatic N) is 8. The van der Waals surface area contributed by atoms with E-state index in [1.165, 1.54) is 63.1 Å². The Bertz CT molecular complexity index is 2540. The maximum absolute atomic E-state index is 9.52. The summed E-state index contributed by atoms with van der Waals surface area (Å²) in [5, 5.41) is 16.6. The number of nitriles is 1. The highest BCUT2D eigenvalue weighted by Crippen LogP contribution is 2.40. The smallest absolute Gasteiger partial charge is 0.266 e. The zero-order valence-corrected chi connectivity index (χ0v) is 32.5. The van der Waals surface area contributed by atoms with Crippen LogP contribution in [-0.4, -0.2) is 46.4 Å². The van der Waals surface area contributed by atoms with Crippen molar-refractivity contribution < 1.29 is 13.3 Å². The lowest BCUT2D eigenvalue weighted by Gasteiger charge is -2.33. The van der Waals surface area contributed by atoms with E-state index in [0.29, 0.717) is 41.0 Å². The Morgan fingerprint density at radius 2 is 1.41 bits per heavy atom. The third-order valence-electron chi connectivity index (χ3n) is 11.3. The number of anilines is 5. The lowest BCUT2D eigenvalue weighted by molar-refractivity contribution is 0.443. The van der Waals surface area contributed by atoms with Crippen LogP contribution in [0.15, 0.2) is 118 Å². The molecule has 0 atom stereocenters. The molecule has 5 aromatic rings. The van der Waals surface area contributed by atoms with Gasteiger partial charge in [-0.3, -0.25) is 0 Å². The second kappa shape index (κ2) is 14.9. The Labute approximate surface area is 335 Å². The molecule has 58 heavy (non-hydrogen) atoms. The van der Waals surface area contributed by atoms with Crippen molar-refractivity contribution in [1.29, 1.82) is 5.26 Å². The van der Waals surface area contributed by atoms with Gasteiger partial charge in [-0.2, -0.15) is 15.2 Å². The maximum atomic E-state index is 9.52. The molecule has 1 saturated carbocycles. The van der Waals surface area contributed by atoms with E-state index in [0.717, 1.165) is 58.5 Å². The molecule has 13 nitrogen and oxygen atoms in total. The Morgan fingerprint density at radius 1 is 0.707 bits per heavy atom. The number of guanidine groups is 2. The van der Waals surface area contributed by atoms with Crippen LogP contribution in [0.4, 0.5) is 28.8 Å². The molecule has 0 radical (unpaired) electrons. The fraction of sp³-hybridized carbons (Fsp3) is 0.289. The molecule has 290 valence electrons. The quantitative estimate of drug-likeness (QED) is 0.149. The molecule has 5 aliphatic rings. The molecule has 0 spiro atoms. The summed E-state index contributed by atoms with van der Waals surface area (Å²) in [4.78, 5) is 28.5. The van der Waals surface area contributed by atoms with Gasteiger partial charge in [0.1, 0.15) is 17.6 Å². The first-order valence-electron chi connectivity index (χ1n) is 20.1. The second-order valence-electron chi connectivity index (χ2n) is 15.3. The van der Waals surface area contributed by atoms with Crippen LogP contribution < -0.4 is 15.5 Å². The molecule has 1 aliphatic carbocycles. The van der Waals surface area contributed by atoms with Crippen LogP contribution in [0.1, 0.15) is 97.1 Å². The van der Waals surface area contributed by atoms with Crippen molar-refractivity contribution in [2.75, 3.05) is 28.6 Å². The minimum absolute atomic E-state index is 0.0551. The van der Waals surface area contributed by atoms with Gasteiger partial charge in [0.25, 0.3) is 5.89 Å². The number of allylic oxidation sites excluding steroid dienone is 2. The lowest BCUT2D eigenvalue weighted by Crippen LogP contribution is -2.42. The van der Waals surface area contributed by atoms with Gasteiger partial charge in [0.15, 0.2) is 11.8 Å². The Hall–Kier alpha value is -6.94. The lowest BCUT2D eigenvalue weighted by atomic mass is 9.83. The molecule has 10 rings (SSSR count). The number of furan rings is 2. The summed E-state index contributed by atoms with van der Waals surface area (Å²) in [7, 11) is 0. The first-order valence-corrected chi connectivity index (χ1v) is 20.1. The van der Waals surface area contributed by atoms with E-state index in [1.807, 2.05) is 61.2 Å². The minimum atomic E-state index is 0.0551. The minimum Gasteiger partial charge on any atom is -0.446 e. The fourth-order valence-electron chi connectivity index (χ4n) is 8.37. The first-order chi connectivity index (χ1) is 28.4. The van der Waals surface area contributed by atoms with Crippen molar-refractivity contribution in [2.24, 2.45) is 20.0 Å². The largest absolute Gasteiger partial charge is 0.446 e. The molecule has 2 N–H and O–H groups in total. The van der Waals surface area contributed by atoms with Crippen molar-refractivity contribution in [3.63, 3.8) is 0 Å². The highest BCUT2D eigenvalue weighted by Gasteiger charge is 2.35. The SMILES string of the molecule is Cc1ccc(Nc2cc(C3CCCCC3)ccc2C2=CC3=CC(c4ccc(N5CCCCC5)cc4Nc4ccc(C)o4)=NC4=NC(c5ncc(C#N)o5)=NC(=N2)N34)o1. The molecule has 7 heterocycles. The predicted molar refractivity (Wildman–Crippen MR) is 225 cm³/mol. The third-order valence-corrected chi connectivity index (χ3v) is 11.3. The molecule has 3 aromatic heterocycles. The molecule has 2 fully saturated rings. The van der Waals surface area contributed by atoms with Crippen LogP contribution in [0.3, 0.4) is 0 Å². The topological polar surface area (TPSA) is 156 Å². The van der Waals surface area contributed by atoms with Crippen LogP contribution >= 0.6 is 0 Å². The van der Waals surface area contributed by atoms with E-state index in [9.17, 15) is 5.26 Å². The number of oxazole rings is 1. The number of aromatic nitrogens is 1. The van der Waals surface area contributed by atoms with Crippen molar-refractivity contribution in [2.45, 2.75) is 71.1 Å². The summed E-state index contributed by atoms with van der Waals surface area (Å²) >= 11 is 0. The van der Waals surface area contributed by atoms with Crippen molar-refractivity contribution in [3.8, 4) is 6.07 Å². The Balaban J connectivity index is 1.11. The second-order valence-corrected chi connectivity index (χ2v) is 15.3. The molecular formula is C45H42N10O3. The molecule has 4 aliphatic heterocycles. The summed E-state index contributed by atoms with van der Waals surface area (Å²) in [6, 6.07) is 22.9. The predicted octanol–water partition coefficient (Wildman–Crippen LogP) is 10.1. The average Bonchev–Trinajstić information content (AvgIpc) is 4.02. The van der Waals surface area contributed by atoms with E-state index >= 15 is 0 Å². The third kappa shape index (κ3) is 6.91. The van der Waals surface area contributed by atoms with Gasteiger partial charge in [-0.1, -0.05) is 31.4 Å². The highest BCUT2D eigenvalue weighted by atomic mass is 16.4. The number of rotatable bonds is 9. The highest BCUT2D eigenvalue weighted by molar-refractivity contribution is 6.26. The number of piperidine rings is 1. The number of aliphatic imine (C=N–C) groups is 4. The zero-order chi connectivity index (χ0) is 39.2. The molecule has 1 saturated heterocycles. The van der Waals surface area contributed by atoms with E-state index in [-0.39, 0.29) is 17.5 Å². The average molecular weight is 771 g/mol. The van der Waals surface area contributed by atoms with Gasteiger partial charge in [0, 0.05) is 42.0 Å². The van der Waals surface area contributed by atoms with E-state index in [2.05, 4.69) is 56.9 Å². The Kier molecular flexibility index (Phi) is 9.09. The van der Waals surface area contributed by atoms with E-state index in [4.69, 9.17) is 33.2 Å². The standard InChI is InChI=1S/C45H42N10O3/c1-27-11-17-40(56-27)48-36-21-30(29-9-5-3-6-10-29)13-15-34(36)38-23-32-24-39(51-45-53-42(52-44(50-38)55(32)45)43-47-26-33(25-46)58-43)35-16-14-31(54-19-7-4-8-20-54)22-37(35)49-41-18-12-28(2)57-41/h11-18,21-24,26,29,48-49H,3-10,19-20H2,1-2H3. The van der Waals surface area contributed by atoms with Crippen LogP contribution in [0.25, 0.3) is 5.70 Å². The van der Waals surface area contributed by atoms with Crippen LogP contribution in [0.2, 0.25) is 0 Å².